The molecule has 0 saturated heterocycles. The topological polar surface area (TPSA) is 48.0 Å². The van der Waals surface area contributed by atoms with Crippen LogP contribution in [0.15, 0.2) is 55.0 Å². The highest BCUT2D eigenvalue weighted by molar-refractivity contribution is 6.30. The quantitative estimate of drug-likeness (QED) is 0.580. The molecule has 0 unspecified atom stereocenters. The fraction of sp³-hybridized carbons (Fsp3) is 0.118. The van der Waals surface area contributed by atoms with E-state index in [9.17, 15) is 0 Å². The Labute approximate surface area is 138 Å². The summed E-state index contributed by atoms with van der Waals surface area (Å²) in [5.41, 5.74) is 3.97. The van der Waals surface area contributed by atoms with Crippen molar-refractivity contribution >= 4 is 17.2 Å². The molecule has 23 heavy (non-hydrogen) atoms. The Balaban J connectivity index is 1.91. The highest BCUT2D eigenvalue weighted by Crippen LogP contribution is 2.27. The highest BCUT2D eigenvalue weighted by Gasteiger charge is 2.16. The first kappa shape index (κ1) is 14.0. The predicted octanol–water partition coefficient (Wildman–Crippen LogP) is 3.37. The van der Waals surface area contributed by atoms with Crippen LogP contribution in [-0.4, -0.2) is 24.1 Å². The second-order valence-electron chi connectivity index (χ2n) is 5.32. The number of halogens is 1. The normalized spacial score (nSPS) is 11.2. The van der Waals surface area contributed by atoms with Gasteiger partial charge in [0.1, 0.15) is 17.8 Å². The molecule has 114 valence electrons. The van der Waals surface area contributed by atoms with Crippen molar-refractivity contribution in [2.24, 2.45) is 7.05 Å². The Morgan fingerprint density at radius 1 is 1.09 bits per heavy atom. The van der Waals surface area contributed by atoms with Gasteiger partial charge in [0.05, 0.1) is 17.8 Å². The molecule has 1 aromatic carbocycles. The molecular formula is C17H14ClN5. The maximum absolute atomic E-state index is 6.01. The number of nitrogens with zero attached hydrogens (tertiary/aromatic N) is 5. The molecule has 0 bridgehead atoms. The van der Waals surface area contributed by atoms with E-state index in [1.165, 1.54) is 0 Å². The fourth-order valence-corrected chi connectivity index (χ4v) is 2.81. The van der Waals surface area contributed by atoms with Crippen molar-refractivity contribution in [2.75, 3.05) is 0 Å². The van der Waals surface area contributed by atoms with E-state index in [1.807, 2.05) is 55.7 Å². The summed E-state index contributed by atoms with van der Waals surface area (Å²) in [5, 5.41) is 4.86. The third kappa shape index (κ3) is 2.49. The van der Waals surface area contributed by atoms with Crippen molar-refractivity contribution in [1.29, 1.82) is 0 Å². The zero-order chi connectivity index (χ0) is 15.8. The van der Waals surface area contributed by atoms with E-state index in [2.05, 4.69) is 14.5 Å². The number of fused-ring (bicyclic) bond motifs is 1. The number of aromatic nitrogens is 5. The number of pyridine rings is 1. The largest absolute Gasteiger partial charge is 0.303 e. The number of imidazole rings is 1. The van der Waals surface area contributed by atoms with Crippen molar-refractivity contribution in [3.05, 3.63) is 71.5 Å². The molecule has 0 aliphatic heterocycles. The minimum atomic E-state index is 0.652. The molecule has 0 amide bonds. The molecule has 4 rings (SSSR count). The summed E-state index contributed by atoms with van der Waals surface area (Å²) in [7, 11) is 1.90. The van der Waals surface area contributed by atoms with Crippen LogP contribution in [-0.2, 0) is 13.5 Å². The lowest BCUT2D eigenvalue weighted by Crippen LogP contribution is -2.04. The van der Waals surface area contributed by atoms with Crippen molar-refractivity contribution in [3.63, 3.8) is 0 Å². The van der Waals surface area contributed by atoms with Gasteiger partial charge in [-0.3, -0.25) is 4.68 Å². The Morgan fingerprint density at radius 2 is 1.91 bits per heavy atom. The first-order chi connectivity index (χ1) is 11.2. The maximum Gasteiger partial charge on any atom is 0.138 e. The molecule has 0 aliphatic rings. The van der Waals surface area contributed by atoms with Crippen LogP contribution in [0, 0.1) is 0 Å². The van der Waals surface area contributed by atoms with Crippen LogP contribution >= 0.6 is 11.6 Å². The Hall–Kier alpha value is -2.66. The van der Waals surface area contributed by atoms with Crippen LogP contribution in [0.1, 0.15) is 11.5 Å². The molecule has 0 saturated carbocycles. The fourth-order valence-electron chi connectivity index (χ4n) is 2.68. The van der Waals surface area contributed by atoms with Crippen molar-refractivity contribution in [3.8, 4) is 11.3 Å². The van der Waals surface area contributed by atoms with E-state index in [1.54, 1.807) is 11.0 Å². The van der Waals surface area contributed by atoms with Crippen LogP contribution in [0.3, 0.4) is 0 Å². The monoisotopic (exact) mass is 323 g/mol. The standard InChI is InChI=1S/C17H14ClN5/c1-22-16(19-11-20-22)10-14-17(12-5-7-13(18)8-6-12)21-15-4-2-3-9-23(14)15/h2-9,11H,10H2,1H3. The van der Waals surface area contributed by atoms with E-state index in [0.29, 0.717) is 11.4 Å². The van der Waals surface area contributed by atoms with Gasteiger partial charge in [-0.05, 0) is 24.3 Å². The van der Waals surface area contributed by atoms with Crippen LogP contribution < -0.4 is 0 Å². The van der Waals surface area contributed by atoms with Gasteiger partial charge < -0.3 is 4.40 Å². The SMILES string of the molecule is Cn1ncnc1Cc1c(-c2ccc(Cl)cc2)nc2ccccn12. The molecule has 4 aromatic rings. The third-order valence-corrected chi connectivity index (χ3v) is 4.13. The van der Waals surface area contributed by atoms with Gasteiger partial charge >= 0.3 is 0 Å². The summed E-state index contributed by atoms with van der Waals surface area (Å²) >= 11 is 6.01. The van der Waals surface area contributed by atoms with Gasteiger partial charge in [-0.2, -0.15) is 5.10 Å². The minimum absolute atomic E-state index is 0.652. The summed E-state index contributed by atoms with van der Waals surface area (Å²) in [5.74, 6) is 0.894. The van der Waals surface area contributed by atoms with Gasteiger partial charge in [-0.25, -0.2) is 9.97 Å². The summed E-state index contributed by atoms with van der Waals surface area (Å²) in [4.78, 5) is 9.12. The third-order valence-electron chi connectivity index (χ3n) is 3.88. The van der Waals surface area contributed by atoms with E-state index < -0.39 is 0 Å². The molecule has 0 radical (unpaired) electrons. The van der Waals surface area contributed by atoms with Gasteiger partial charge in [0.15, 0.2) is 0 Å². The van der Waals surface area contributed by atoms with E-state index >= 15 is 0 Å². The van der Waals surface area contributed by atoms with Crippen LogP contribution in [0.4, 0.5) is 0 Å². The van der Waals surface area contributed by atoms with Crippen molar-refractivity contribution in [1.82, 2.24) is 24.1 Å². The van der Waals surface area contributed by atoms with Gasteiger partial charge in [0, 0.05) is 23.8 Å². The average Bonchev–Trinajstić information content (AvgIpc) is 3.13. The highest BCUT2D eigenvalue weighted by atomic mass is 35.5. The van der Waals surface area contributed by atoms with Crippen LogP contribution in [0.5, 0.6) is 0 Å². The zero-order valence-electron chi connectivity index (χ0n) is 12.5. The Bertz CT molecular complexity index is 968. The molecule has 5 nitrogen and oxygen atoms in total. The molecule has 0 N–H and O–H groups in total. The van der Waals surface area contributed by atoms with Gasteiger partial charge in [-0.1, -0.05) is 29.8 Å². The summed E-state index contributed by atoms with van der Waals surface area (Å²) < 4.78 is 3.88. The molecule has 0 fully saturated rings. The lowest BCUT2D eigenvalue weighted by molar-refractivity contribution is 0.711. The molecule has 0 atom stereocenters. The number of rotatable bonds is 3. The second kappa shape index (κ2) is 5.52. The van der Waals surface area contributed by atoms with Gasteiger partial charge in [0.25, 0.3) is 0 Å². The van der Waals surface area contributed by atoms with Crippen LogP contribution in [0.2, 0.25) is 5.02 Å². The van der Waals surface area contributed by atoms with Crippen LogP contribution in [0.25, 0.3) is 16.9 Å². The smallest absolute Gasteiger partial charge is 0.138 e. The van der Waals surface area contributed by atoms with E-state index in [-0.39, 0.29) is 0 Å². The lowest BCUT2D eigenvalue weighted by Gasteiger charge is -2.05. The summed E-state index contributed by atoms with van der Waals surface area (Å²) in [6, 6.07) is 13.7. The molecule has 3 heterocycles. The van der Waals surface area contributed by atoms with Crippen molar-refractivity contribution in [2.45, 2.75) is 6.42 Å². The van der Waals surface area contributed by atoms with Gasteiger partial charge in [0.2, 0.25) is 0 Å². The number of aryl methyl sites for hydroxylation is 1. The molecule has 0 aliphatic carbocycles. The first-order valence-electron chi connectivity index (χ1n) is 7.27. The Morgan fingerprint density at radius 3 is 2.65 bits per heavy atom. The predicted molar refractivity (Wildman–Crippen MR) is 89.4 cm³/mol. The molecule has 6 heteroatoms. The van der Waals surface area contributed by atoms with E-state index in [4.69, 9.17) is 16.6 Å². The maximum atomic E-state index is 6.01. The van der Waals surface area contributed by atoms with E-state index in [0.717, 1.165) is 28.4 Å². The Kier molecular flexibility index (Phi) is 3.35. The van der Waals surface area contributed by atoms with Gasteiger partial charge in [-0.15, -0.1) is 0 Å². The minimum Gasteiger partial charge on any atom is -0.303 e. The number of benzene rings is 1. The first-order valence-corrected chi connectivity index (χ1v) is 7.65. The molecular weight excluding hydrogens is 310 g/mol. The lowest BCUT2D eigenvalue weighted by atomic mass is 10.1. The summed E-state index contributed by atoms with van der Waals surface area (Å²) in [6.45, 7) is 0. The van der Waals surface area contributed by atoms with Crippen molar-refractivity contribution < 1.29 is 0 Å². The molecule has 0 spiro atoms. The average molecular weight is 324 g/mol. The molecule has 3 aromatic heterocycles. The number of hydrogen-bond acceptors (Lipinski definition) is 3. The second-order valence-corrected chi connectivity index (χ2v) is 5.76. The number of hydrogen-bond donors (Lipinski definition) is 0. The summed E-state index contributed by atoms with van der Waals surface area (Å²) in [6.07, 6.45) is 4.24. The zero-order valence-corrected chi connectivity index (χ0v) is 13.3.